The summed E-state index contributed by atoms with van der Waals surface area (Å²) in [5.74, 6) is 0. The van der Waals surface area contributed by atoms with Gasteiger partial charge in [-0.15, -0.1) is 0 Å². The second-order valence-corrected chi connectivity index (χ2v) is 4.51. The number of amides is 2. The summed E-state index contributed by atoms with van der Waals surface area (Å²) in [7, 11) is 0. The van der Waals surface area contributed by atoms with Crippen molar-refractivity contribution in [2.45, 2.75) is 32.0 Å². The summed E-state index contributed by atoms with van der Waals surface area (Å²) in [6.07, 6.45) is -5.23. The number of halogens is 3. The molecule has 4 nitrogen and oxygen atoms in total. The van der Waals surface area contributed by atoms with Gasteiger partial charge in [0, 0.05) is 24.7 Å². The monoisotopic (exact) mass is 289 g/mol. The van der Waals surface area contributed by atoms with Crippen LogP contribution >= 0.6 is 0 Å². The van der Waals surface area contributed by atoms with Gasteiger partial charge in [0.25, 0.3) is 0 Å². The van der Waals surface area contributed by atoms with Gasteiger partial charge in [-0.05, 0) is 31.0 Å². The third-order valence-electron chi connectivity index (χ3n) is 2.62. The number of alkyl halides is 3. The van der Waals surface area contributed by atoms with Gasteiger partial charge in [-0.1, -0.05) is 12.1 Å². The fraction of sp³-hybridized carbons (Fsp3) is 0.462. The molecule has 7 heteroatoms. The summed E-state index contributed by atoms with van der Waals surface area (Å²) < 4.78 is 35.7. The molecule has 0 aliphatic carbocycles. The highest BCUT2D eigenvalue weighted by Gasteiger charge is 2.25. The largest absolute Gasteiger partial charge is 0.389 e. The van der Waals surface area contributed by atoms with Crippen LogP contribution in [0.2, 0.25) is 0 Å². The van der Waals surface area contributed by atoms with Crippen LogP contribution in [0.15, 0.2) is 24.3 Å². The van der Waals surface area contributed by atoms with Crippen LogP contribution in [-0.4, -0.2) is 18.8 Å². The molecule has 4 N–H and O–H groups in total. The molecular formula is C13H18F3N3O. The summed E-state index contributed by atoms with van der Waals surface area (Å²) in [6.45, 7) is 1.82. The van der Waals surface area contributed by atoms with Crippen LogP contribution in [0, 0.1) is 0 Å². The highest BCUT2D eigenvalue weighted by atomic mass is 19.4. The van der Waals surface area contributed by atoms with E-state index in [0.29, 0.717) is 5.69 Å². The Kier molecular flexibility index (Phi) is 5.82. The van der Waals surface area contributed by atoms with Crippen molar-refractivity contribution >= 4 is 11.7 Å². The Bertz CT molecular complexity index is 429. The highest BCUT2D eigenvalue weighted by molar-refractivity contribution is 5.89. The molecule has 0 fully saturated rings. The number of hydrogen-bond acceptors (Lipinski definition) is 2. The Morgan fingerprint density at radius 3 is 2.40 bits per heavy atom. The van der Waals surface area contributed by atoms with Crippen molar-refractivity contribution in [1.82, 2.24) is 5.32 Å². The number of urea groups is 1. The fourth-order valence-corrected chi connectivity index (χ4v) is 1.54. The number of rotatable bonds is 5. The van der Waals surface area contributed by atoms with Crippen molar-refractivity contribution in [3.63, 3.8) is 0 Å². The second kappa shape index (κ2) is 7.14. The predicted molar refractivity (Wildman–Crippen MR) is 71.4 cm³/mol. The fourth-order valence-electron chi connectivity index (χ4n) is 1.54. The van der Waals surface area contributed by atoms with E-state index in [9.17, 15) is 18.0 Å². The molecule has 1 atom stereocenters. The van der Waals surface area contributed by atoms with E-state index >= 15 is 0 Å². The molecule has 20 heavy (non-hydrogen) atoms. The minimum atomic E-state index is -4.19. The van der Waals surface area contributed by atoms with E-state index in [-0.39, 0.29) is 19.0 Å². The summed E-state index contributed by atoms with van der Waals surface area (Å²) in [5, 5.41) is 4.90. The molecule has 0 spiro atoms. The van der Waals surface area contributed by atoms with Crippen molar-refractivity contribution < 1.29 is 18.0 Å². The lowest BCUT2D eigenvalue weighted by molar-refractivity contribution is -0.135. The molecule has 1 aromatic carbocycles. The molecule has 0 aromatic heterocycles. The first kappa shape index (κ1) is 16.3. The Morgan fingerprint density at radius 1 is 1.30 bits per heavy atom. The molecule has 0 heterocycles. The van der Waals surface area contributed by atoms with Crippen LogP contribution in [-0.2, 0) is 0 Å². The Morgan fingerprint density at radius 2 is 1.90 bits per heavy atom. The maximum Gasteiger partial charge on any atom is 0.389 e. The molecule has 0 radical (unpaired) electrons. The molecule has 0 bridgehead atoms. The molecule has 0 saturated carbocycles. The van der Waals surface area contributed by atoms with E-state index in [1.807, 2.05) is 6.92 Å². The first-order chi connectivity index (χ1) is 9.28. The van der Waals surface area contributed by atoms with Gasteiger partial charge >= 0.3 is 12.2 Å². The van der Waals surface area contributed by atoms with Gasteiger partial charge in [0.2, 0.25) is 0 Å². The van der Waals surface area contributed by atoms with E-state index in [1.54, 1.807) is 24.3 Å². The van der Waals surface area contributed by atoms with Gasteiger partial charge in [0.05, 0.1) is 0 Å². The maximum absolute atomic E-state index is 11.9. The van der Waals surface area contributed by atoms with Gasteiger partial charge in [-0.3, -0.25) is 0 Å². The number of anilines is 1. The van der Waals surface area contributed by atoms with E-state index in [1.165, 1.54) is 0 Å². The zero-order valence-corrected chi connectivity index (χ0v) is 11.1. The van der Waals surface area contributed by atoms with Crippen LogP contribution in [0.4, 0.5) is 23.7 Å². The Balaban J connectivity index is 2.32. The number of hydrogen-bond donors (Lipinski definition) is 3. The second-order valence-electron chi connectivity index (χ2n) is 4.51. The molecule has 2 amide bonds. The van der Waals surface area contributed by atoms with Crippen LogP contribution in [0.3, 0.4) is 0 Å². The van der Waals surface area contributed by atoms with Crippen LogP contribution < -0.4 is 16.4 Å². The molecule has 1 aromatic rings. The average molecular weight is 289 g/mol. The topological polar surface area (TPSA) is 67.1 Å². The number of benzene rings is 1. The molecule has 0 saturated heterocycles. The van der Waals surface area contributed by atoms with Crippen molar-refractivity contribution in [2.75, 3.05) is 11.9 Å². The lowest BCUT2D eigenvalue weighted by atomic mass is 10.1. The summed E-state index contributed by atoms with van der Waals surface area (Å²) in [4.78, 5) is 11.4. The Labute approximate surface area is 115 Å². The maximum atomic E-state index is 11.9. The van der Waals surface area contributed by atoms with Gasteiger partial charge in [0.15, 0.2) is 0 Å². The number of nitrogens with one attached hydrogen (secondary N) is 2. The summed E-state index contributed by atoms with van der Waals surface area (Å²) in [5.41, 5.74) is 7.18. The third kappa shape index (κ3) is 6.42. The van der Waals surface area contributed by atoms with Gasteiger partial charge in [0.1, 0.15) is 0 Å². The summed E-state index contributed by atoms with van der Waals surface area (Å²) >= 11 is 0. The normalized spacial score (nSPS) is 12.8. The van der Waals surface area contributed by atoms with Crippen molar-refractivity contribution in [3.8, 4) is 0 Å². The SMILES string of the molecule is CC(N)c1ccc(NC(=O)NCCCC(F)(F)F)cc1. The van der Waals surface area contributed by atoms with E-state index in [0.717, 1.165) is 5.56 Å². The van der Waals surface area contributed by atoms with E-state index in [2.05, 4.69) is 10.6 Å². The molecule has 112 valence electrons. The summed E-state index contributed by atoms with van der Waals surface area (Å²) in [6, 6.07) is 6.32. The van der Waals surface area contributed by atoms with Crippen molar-refractivity contribution in [2.24, 2.45) is 5.73 Å². The molecular weight excluding hydrogens is 271 g/mol. The third-order valence-corrected chi connectivity index (χ3v) is 2.62. The smallest absolute Gasteiger partial charge is 0.338 e. The molecule has 1 unspecified atom stereocenters. The number of carbonyl (C=O) groups excluding carboxylic acids is 1. The van der Waals surface area contributed by atoms with Crippen LogP contribution in [0.25, 0.3) is 0 Å². The van der Waals surface area contributed by atoms with E-state index < -0.39 is 18.6 Å². The minimum Gasteiger partial charge on any atom is -0.338 e. The lowest BCUT2D eigenvalue weighted by Crippen LogP contribution is -2.30. The number of nitrogens with two attached hydrogens (primary N) is 1. The van der Waals surface area contributed by atoms with Crippen LogP contribution in [0.1, 0.15) is 31.4 Å². The zero-order valence-electron chi connectivity index (χ0n) is 11.1. The first-order valence-electron chi connectivity index (χ1n) is 6.25. The molecule has 0 aliphatic heterocycles. The lowest BCUT2D eigenvalue weighted by Gasteiger charge is -2.10. The minimum absolute atomic E-state index is 0.0245. The van der Waals surface area contributed by atoms with Gasteiger partial charge < -0.3 is 16.4 Å². The Hall–Kier alpha value is -1.76. The zero-order chi connectivity index (χ0) is 15.2. The standard InChI is InChI=1S/C13H18F3N3O/c1-9(17)10-3-5-11(6-4-10)19-12(20)18-8-2-7-13(14,15)16/h3-6,9H,2,7-8,17H2,1H3,(H2,18,19,20). The van der Waals surface area contributed by atoms with Crippen molar-refractivity contribution in [1.29, 1.82) is 0 Å². The van der Waals surface area contributed by atoms with Crippen LogP contribution in [0.5, 0.6) is 0 Å². The molecule has 0 aliphatic rings. The predicted octanol–water partition coefficient (Wildman–Crippen LogP) is 3.17. The highest BCUT2D eigenvalue weighted by Crippen LogP contribution is 2.20. The molecule has 1 rings (SSSR count). The quantitative estimate of drug-likeness (QED) is 0.729. The van der Waals surface area contributed by atoms with Crippen molar-refractivity contribution in [3.05, 3.63) is 29.8 Å². The van der Waals surface area contributed by atoms with Gasteiger partial charge in [-0.2, -0.15) is 13.2 Å². The first-order valence-corrected chi connectivity index (χ1v) is 6.25. The number of carbonyl (C=O) groups is 1. The van der Waals surface area contributed by atoms with Gasteiger partial charge in [-0.25, -0.2) is 4.79 Å². The van der Waals surface area contributed by atoms with E-state index in [4.69, 9.17) is 5.73 Å². The average Bonchev–Trinajstić information content (AvgIpc) is 2.34.